The van der Waals surface area contributed by atoms with E-state index in [1.165, 1.54) is 31.7 Å². The fourth-order valence-electron chi connectivity index (χ4n) is 4.75. The number of carbonyl (C=O) groups excluding carboxylic acids is 1. The Balaban J connectivity index is 1.31. The van der Waals surface area contributed by atoms with E-state index in [-0.39, 0.29) is 23.9 Å². The van der Waals surface area contributed by atoms with E-state index in [9.17, 15) is 9.18 Å². The number of piperidine rings is 1. The normalized spacial score (nSPS) is 29.7. The Kier molecular flexibility index (Phi) is 5.93. The van der Waals surface area contributed by atoms with E-state index in [0.29, 0.717) is 30.8 Å². The molecular weight excluding hydrogens is 345 g/mol. The molecule has 2 aliphatic heterocycles. The predicted octanol–water partition coefficient (Wildman–Crippen LogP) is 3.01. The number of fused-ring (bicyclic) bond motifs is 1. The Morgan fingerprint density at radius 1 is 1.00 bits per heavy atom. The third-order valence-corrected chi connectivity index (χ3v) is 6.32. The molecule has 1 aromatic rings. The van der Waals surface area contributed by atoms with Gasteiger partial charge in [0, 0.05) is 37.9 Å². The number of halogens is 1. The summed E-state index contributed by atoms with van der Waals surface area (Å²) in [5.74, 6) is 0.582. The number of ether oxygens (including phenoxy) is 1. The monoisotopic (exact) mass is 375 g/mol. The van der Waals surface area contributed by atoms with Gasteiger partial charge in [0.25, 0.3) is 0 Å². The summed E-state index contributed by atoms with van der Waals surface area (Å²) >= 11 is 0. The zero-order valence-corrected chi connectivity index (χ0v) is 15.8. The van der Waals surface area contributed by atoms with Crippen molar-refractivity contribution in [2.24, 2.45) is 5.92 Å². The maximum absolute atomic E-state index is 13.8. The number of hydrogen-bond donors (Lipinski definition) is 2. The Morgan fingerprint density at radius 3 is 2.52 bits per heavy atom. The molecule has 27 heavy (non-hydrogen) atoms. The van der Waals surface area contributed by atoms with Gasteiger partial charge in [-0.3, -0.25) is 10.2 Å². The number of nitrogens with one attached hydrogen (secondary N) is 2. The SMILES string of the molecule is O=C(C1NNC2CCCCCCC21)N1CCC(Oc2ccccc2F)CC1. The molecule has 3 fully saturated rings. The van der Waals surface area contributed by atoms with Crippen molar-refractivity contribution in [2.75, 3.05) is 13.1 Å². The van der Waals surface area contributed by atoms with Gasteiger partial charge in [0.2, 0.25) is 5.91 Å². The maximum atomic E-state index is 13.8. The summed E-state index contributed by atoms with van der Waals surface area (Å²) in [6, 6.07) is 6.82. The summed E-state index contributed by atoms with van der Waals surface area (Å²) in [4.78, 5) is 15.1. The Labute approximate surface area is 160 Å². The summed E-state index contributed by atoms with van der Waals surface area (Å²) in [5, 5.41) is 0. The molecule has 0 radical (unpaired) electrons. The molecule has 1 aromatic carbocycles. The number of likely N-dealkylation sites (tertiary alicyclic amines) is 1. The van der Waals surface area contributed by atoms with Crippen LogP contribution in [-0.2, 0) is 4.79 Å². The zero-order valence-electron chi connectivity index (χ0n) is 15.8. The molecule has 1 saturated carbocycles. The van der Waals surface area contributed by atoms with Crippen molar-refractivity contribution in [1.29, 1.82) is 0 Å². The molecule has 6 heteroatoms. The summed E-state index contributed by atoms with van der Waals surface area (Å²) in [5.41, 5.74) is 6.67. The van der Waals surface area contributed by atoms with E-state index in [0.717, 1.165) is 25.7 Å². The first-order valence-electron chi connectivity index (χ1n) is 10.4. The van der Waals surface area contributed by atoms with Crippen molar-refractivity contribution in [2.45, 2.75) is 69.6 Å². The Bertz CT molecular complexity index is 648. The van der Waals surface area contributed by atoms with E-state index in [4.69, 9.17) is 4.74 Å². The highest BCUT2D eigenvalue weighted by Gasteiger charge is 2.42. The molecule has 0 spiro atoms. The minimum Gasteiger partial charge on any atom is -0.487 e. The molecule has 3 atom stereocenters. The van der Waals surface area contributed by atoms with Gasteiger partial charge in [0.1, 0.15) is 12.1 Å². The van der Waals surface area contributed by atoms with Crippen LogP contribution in [0, 0.1) is 11.7 Å². The van der Waals surface area contributed by atoms with E-state index in [1.807, 2.05) is 4.90 Å². The molecule has 1 aliphatic carbocycles. The minimum atomic E-state index is -0.326. The average molecular weight is 375 g/mol. The quantitative estimate of drug-likeness (QED) is 0.853. The van der Waals surface area contributed by atoms with Crippen LogP contribution in [0.1, 0.15) is 51.4 Å². The molecule has 3 unspecified atom stereocenters. The van der Waals surface area contributed by atoms with Gasteiger partial charge in [-0.05, 0) is 25.0 Å². The molecule has 2 saturated heterocycles. The number of hydrogen-bond acceptors (Lipinski definition) is 4. The van der Waals surface area contributed by atoms with Gasteiger partial charge in [-0.2, -0.15) is 0 Å². The van der Waals surface area contributed by atoms with Crippen LogP contribution in [0.3, 0.4) is 0 Å². The third kappa shape index (κ3) is 4.27. The lowest BCUT2D eigenvalue weighted by atomic mass is 9.83. The zero-order chi connectivity index (χ0) is 18.6. The molecule has 0 aromatic heterocycles. The Hall–Kier alpha value is -1.66. The summed E-state index contributed by atoms with van der Waals surface area (Å²) in [6.07, 6.45) is 8.77. The minimum absolute atomic E-state index is 0.0326. The van der Waals surface area contributed by atoms with Crippen LogP contribution >= 0.6 is 0 Å². The van der Waals surface area contributed by atoms with E-state index < -0.39 is 0 Å². The summed E-state index contributed by atoms with van der Waals surface area (Å²) in [6.45, 7) is 1.35. The van der Waals surface area contributed by atoms with Crippen molar-refractivity contribution in [3.05, 3.63) is 30.1 Å². The van der Waals surface area contributed by atoms with Gasteiger partial charge in [0.15, 0.2) is 11.6 Å². The summed E-state index contributed by atoms with van der Waals surface area (Å²) in [7, 11) is 0. The van der Waals surface area contributed by atoms with Crippen LogP contribution < -0.4 is 15.6 Å². The highest BCUT2D eigenvalue weighted by atomic mass is 19.1. The molecule has 5 nitrogen and oxygen atoms in total. The van der Waals surface area contributed by atoms with Gasteiger partial charge in [0.05, 0.1) is 0 Å². The average Bonchev–Trinajstić information content (AvgIpc) is 3.05. The lowest BCUT2D eigenvalue weighted by molar-refractivity contribution is -0.136. The van der Waals surface area contributed by atoms with Crippen LogP contribution in [0.25, 0.3) is 0 Å². The van der Waals surface area contributed by atoms with Crippen LogP contribution in [0.4, 0.5) is 4.39 Å². The van der Waals surface area contributed by atoms with Crippen molar-refractivity contribution in [3.63, 3.8) is 0 Å². The lowest BCUT2D eigenvalue weighted by Gasteiger charge is -2.35. The first-order chi connectivity index (χ1) is 13.2. The second kappa shape index (κ2) is 8.57. The fourth-order valence-corrected chi connectivity index (χ4v) is 4.75. The van der Waals surface area contributed by atoms with Gasteiger partial charge in [-0.15, -0.1) is 0 Å². The first kappa shape index (κ1) is 18.7. The largest absolute Gasteiger partial charge is 0.487 e. The Morgan fingerprint density at radius 2 is 1.74 bits per heavy atom. The standard InChI is InChI=1S/C21H30FN3O2/c22-17-8-5-6-10-19(17)27-15-11-13-25(14-12-15)21(26)20-16-7-3-1-2-4-9-18(16)23-24-20/h5-6,8,10,15-16,18,20,23-24H,1-4,7,9,11-14H2. The van der Waals surface area contributed by atoms with Gasteiger partial charge in [-0.25, -0.2) is 9.82 Å². The van der Waals surface area contributed by atoms with E-state index >= 15 is 0 Å². The van der Waals surface area contributed by atoms with E-state index in [1.54, 1.807) is 18.2 Å². The number of benzene rings is 1. The number of para-hydroxylation sites is 1. The molecule has 3 aliphatic rings. The fraction of sp³-hybridized carbons (Fsp3) is 0.667. The van der Waals surface area contributed by atoms with Crippen LogP contribution in [0.15, 0.2) is 24.3 Å². The van der Waals surface area contributed by atoms with Crippen LogP contribution in [0.2, 0.25) is 0 Å². The van der Waals surface area contributed by atoms with Crippen LogP contribution in [0.5, 0.6) is 5.75 Å². The van der Waals surface area contributed by atoms with Crippen molar-refractivity contribution >= 4 is 5.91 Å². The number of amides is 1. The molecule has 4 rings (SSSR count). The first-order valence-corrected chi connectivity index (χ1v) is 10.4. The molecule has 1 amide bonds. The number of nitrogens with zero attached hydrogens (tertiary/aromatic N) is 1. The number of carbonyl (C=O) groups is 1. The predicted molar refractivity (Wildman–Crippen MR) is 102 cm³/mol. The summed E-state index contributed by atoms with van der Waals surface area (Å²) < 4.78 is 19.6. The molecule has 148 valence electrons. The van der Waals surface area contributed by atoms with Gasteiger partial charge >= 0.3 is 0 Å². The van der Waals surface area contributed by atoms with Crippen molar-refractivity contribution in [1.82, 2.24) is 15.8 Å². The maximum Gasteiger partial charge on any atom is 0.241 e. The molecule has 2 heterocycles. The number of rotatable bonds is 3. The molecular formula is C21H30FN3O2. The van der Waals surface area contributed by atoms with E-state index in [2.05, 4.69) is 10.9 Å². The molecule has 2 N–H and O–H groups in total. The highest BCUT2D eigenvalue weighted by Crippen LogP contribution is 2.30. The van der Waals surface area contributed by atoms with Crippen molar-refractivity contribution < 1.29 is 13.9 Å². The number of hydrazine groups is 1. The lowest BCUT2D eigenvalue weighted by Crippen LogP contribution is -2.51. The van der Waals surface area contributed by atoms with Gasteiger partial charge < -0.3 is 9.64 Å². The van der Waals surface area contributed by atoms with Crippen molar-refractivity contribution in [3.8, 4) is 5.75 Å². The van der Waals surface area contributed by atoms with Crippen LogP contribution in [-0.4, -0.2) is 42.1 Å². The second-order valence-corrected chi connectivity index (χ2v) is 8.10. The topological polar surface area (TPSA) is 53.6 Å². The van der Waals surface area contributed by atoms with Gasteiger partial charge in [-0.1, -0.05) is 37.8 Å². The second-order valence-electron chi connectivity index (χ2n) is 8.10. The highest BCUT2D eigenvalue weighted by molar-refractivity contribution is 5.82. The third-order valence-electron chi connectivity index (χ3n) is 6.32. The smallest absolute Gasteiger partial charge is 0.241 e. The molecule has 0 bridgehead atoms.